The maximum Gasteiger partial charge on any atom is 0.252 e. The molecule has 2 unspecified atom stereocenters. The summed E-state index contributed by atoms with van der Waals surface area (Å²) in [5.41, 5.74) is 0.900. The van der Waals surface area contributed by atoms with Gasteiger partial charge >= 0.3 is 0 Å². The Kier molecular flexibility index (Phi) is 3.48. The second kappa shape index (κ2) is 5.63. The van der Waals surface area contributed by atoms with Crippen molar-refractivity contribution in [3.05, 3.63) is 35.0 Å². The summed E-state index contributed by atoms with van der Waals surface area (Å²) in [5.74, 6) is -0.253. The summed E-state index contributed by atoms with van der Waals surface area (Å²) < 4.78 is 7.62. The molecule has 5 aliphatic rings. The normalized spacial score (nSPS) is 35.2. The van der Waals surface area contributed by atoms with Gasteiger partial charge in [0.2, 0.25) is 5.91 Å². The molecule has 2 amide bonds. The van der Waals surface area contributed by atoms with Gasteiger partial charge in [0, 0.05) is 35.4 Å². The summed E-state index contributed by atoms with van der Waals surface area (Å²) in [4.78, 5) is 29.4. The molecule has 7 heteroatoms. The number of benzene rings is 1. The third kappa shape index (κ3) is 1.91. The highest BCUT2D eigenvalue weighted by Crippen LogP contribution is 2.63. The van der Waals surface area contributed by atoms with Crippen LogP contribution in [0.2, 0.25) is 0 Å². The highest BCUT2D eigenvalue weighted by atomic mass is 16.5. The van der Waals surface area contributed by atoms with Crippen molar-refractivity contribution in [1.82, 2.24) is 14.9 Å². The van der Waals surface area contributed by atoms with Gasteiger partial charge in [-0.3, -0.25) is 9.59 Å². The number of carbonyl (C=O) groups is 2. The van der Waals surface area contributed by atoms with Gasteiger partial charge in [-0.2, -0.15) is 4.73 Å². The van der Waals surface area contributed by atoms with Crippen molar-refractivity contribution in [2.75, 3.05) is 13.2 Å². The first-order valence-corrected chi connectivity index (χ1v) is 11.3. The molecule has 1 aromatic heterocycles. The number of piperidine rings is 2. The summed E-state index contributed by atoms with van der Waals surface area (Å²) in [5, 5.41) is 15.4. The summed E-state index contributed by atoms with van der Waals surface area (Å²) in [6.45, 7) is 9.11. The fourth-order valence-electron chi connectivity index (χ4n) is 7.28. The second-order valence-corrected chi connectivity index (χ2v) is 10.3. The lowest BCUT2D eigenvalue weighted by atomic mass is 9.50. The third-order valence-electron chi connectivity index (χ3n) is 8.55. The Morgan fingerprint density at radius 1 is 1.29 bits per heavy atom. The monoisotopic (exact) mass is 423 g/mol. The minimum atomic E-state index is -1.16. The second-order valence-electron chi connectivity index (χ2n) is 10.3. The first-order valence-electron chi connectivity index (χ1n) is 11.3. The lowest BCUT2D eigenvalue weighted by Gasteiger charge is -2.65. The maximum absolute atomic E-state index is 14.1. The molecule has 0 radical (unpaired) electrons. The van der Waals surface area contributed by atoms with Crippen LogP contribution in [0.15, 0.2) is 18.2 Å². The van der Waals surface area contributed by atoms with Crippen molar-refractivity contribution in [1.29, 1.82) is 0 Å². The molecule has 7 nitrogen and oxygen atoms in total. The van der Waals surface area contributed by atoms with E-state index in [9.17, 15) is 14.8 Å². The fraction of sp³-hybridized carbons (Fsp3) is 0.583. The van der Waals surface area contributed by atoms with E-state index in [4.69, 9.17) is 4.74 Å². The summed E-state index contributed by atoms with van der Waals surface area (Å²) in [6, 6.07) is 5.96. The van der Waals surface area contributed by atoms with Crippen LogP contribution in [0.3, 0.4) is 0 Å². The maximum atomic E-state index is 14.1. The standard InChI is InChI=1S/C24H29N3O4/c1-5-31-19-17-14-8-7-13(2)11-15(14)27(30)18(17)22(3,4)16-12-23-9-6-10-26(23)21(29)24(16,19)25-20(23)28/h7-8,11,16,19,30H,5-6,9-10,12H2,1-4H3,(H,25,28)/t16?,19?,23-,24+/m0/s1. The fourth-order valence-corrected chi connectivity index (χ4v) is 7.28. The molecule has 2 bridgehead atoms. The molecule has 1 aromatic carbocycles. The summed E-state index contributed by atoms with van der Waals surface area (Å²) in [6.07, 6.45) is 1.48. The highest BCUT2D eigenvalue weighted by molar-refractivity contribution is 6.06. The van der Waals surface area contributed by atoms with Gasteiger partial charge in [-0.15, -0.1) is 0 Å². The lowest BCUT2D eigenvalue weighted by Crippen LogP contribution is -2.85. The molecule has 164 valence electrons. The van der Waals surface area contributed by atoms with E-state index in [1.54, 1.807) is 0 Å². The summed E-state index contributed by atoms with van der Waals surface area (Å²) in [7, 11) is 0. The molecule has 4 atom stereocenters. The topological polar surface area (TPSA) is 83.8 Å². The number of hydrogen-bond acceptors (Lipinski definition) is 4. The van der Waals surface area contributed by atoms with E-state index in [1.807, 2.05) is 36.9 Å². The molecule has 5 heterocycles. The Balaban J connectivity index is 1.71. The first-order chi connectivity index (χ1) is 14.7. The zero-order valence-electron chi connectivity index (χ0n) is 18.5. The molecule has 4 fully saturated rings. The van der Waals surface area contributed by atoms with E-state index in [0.717, 1.165) is 28.6 Å². The number of hydrogen-bond donors (Lipinski definition) is 2. The number of ether oxygens (including phenoxy) is 1. The van der Waals surface area contributed by atoms with Gasteiger partial charge in [0.1, 0.15) is 11.6 Å². The Hall–Kier alpha value is -2.54. The zero-order chi connectivity index (χ0) is 21.9. The van der Waals surface area contributed by atoms with E-state index in [1.165, 1.54) is 4.73 Å². The van der Waals surface area contributed by atoms with Crippen molar-refractivity contribution < 1.29 is 19.5 Å². The van der Waals surface area contributed by atoms with Gasteiger partial charge < -0.3 is 20.2 Å². The van der Waals surface area contributed by atoms with Crippen LogP contribution in [-0.4, -0.2) is 50.9 Å². The number of aromatic nitrogens is 1. The molecule has 2 N–H and O–H groups in total. The van der Waals surface area contributed by atoms with Gasteiger partial charge in [0.25, 0.3) is 5.91 Å². The number of carbonyl (C=O) groups excluding carboxylic acids is 2. The number of nitrogens with zero attached hydrogens (tertiary/aromatic N) is 2. The molecule has 2 aromatic rings. The van der Waals surface area contributed by atoms with Crippen molar-refractivity contribution in [2.45, 2.75) is 69.6 Å². The van der Waals surface area contributed by atoms with E-state index in [2.05, 4.69) is 19.2 Å². The van der Waals surface area contributed by atoms with Crippen LogP contribution in [0.5, 0.6) is 0 Å². The molecule has 7 rings (SSSR count). The van der Waals surface area contributed by atoms with Crippen LogP contribution < -0.4 is 5.32 Å². The molecular formula is C24H29N3O4. The van der Waals surface area contributed by atoms with E-state index in [-0.39, 0.29) is 17.7 Å². The molecular weight excluding hydrogens is 394 g/mol. The Bertz CT molecular complexity index is 1170. The Morgan fingerprint density at radius 3 is 2.81 bits per heavy atom. The largest absolute Gasteiger partial charge is 0.428 e. The van der Waals surface area contributed by atoms with Crippen molar-refractivity contribution in [3.8, 4) is 0 Å². The highest BCUT2D eigenvalue weighted by Gasteiger charge is 2.76. The average molecular weight is 424 g/mol. The molecule has 1 aliphatic carbocycles. The molecule has 4 saturated heterocycles. The molecule has 2 spiro atoms. The van der Waals surface area contributed by atoms with Crippen LogP contribution in [0.1, 0.15) is 63.0 Å². The van der Waals surface area contributed by atoms with Crippen LogP contribution in [-0.2, 0) is 19.7 Å². The number of fused-ring (bicyclic) bond motifs is 4. The minimum Gasteiger partial charge on any atom is -0.428 e. The first kappa shape index (κ1) is 19.2. The van der Waals surface area contributed by atoms with E-state index >= 15 is 0 Å². The number of piperazine rings is 1. The van der Waals surface area contributed by atoms with Crippen molar-refractivity contribution in [3.63, 3.8) is 0 Å². The van der Waals surface area contributed by atoms with Crippen molar-refractivity contribution in [2.24, 2.45) is 5.92 Å². The zero-order valence-corrected chi connectivity index (χ0v) is 18.5. The predicted molar refractivity (Wildman–Crippen MR) is 114 cm³/mol. The quantitative estimate of drug-likeness (QED) is 0.728. The molecule has 4 aliphatic heterocycles. The van der Waals surface area contributed by atoms with E-state index in [0.29, 0.717) is 31.5 Å². The summed E-state index contributed by atoms with van der Waals surface area (Å²) >= 11 is 0. The minimum absolute atomic E-state index is 0.0241. The van der Waals surface area contributed by atoms with Crippen LogP contribution >= 0.6 is 0 Å². The van der Waals surface area contributed by atoms with Gasteiger partial charge in [-0.05, 0) is 44.7 Å². The lowest BCUT2D eigenvalue weighted by molar-refractivity contribution is -0.195. The van der Waals surface area contributed by atoms with Crippen LogP contribution in [0.4, 0.5) is 0 Å². The molecule has 31 heavy (non-hydrogen) atoms. The van der Waals surface area contributed by atoms with Crippen LogP contribution in [0.25, 0.3) is 10.9 Å². The SMILES string of the molecule is CCOC1c2c(n(O)c3cc(C)ccc23)C(C)(C)C2C[C@]34CCCN3C(=O)[C@]12NC4=O. The third-order valence-corrected chi connectivity index (χ3v) is 8.55. The Morgan fingerprint density at radius 2 is 2.06 bits per heavy atom. The number of amides is 2. The predicted octanol–water partition coefficient (Wildman–Crippen LogP) is 2.81. The van der Waals surface area contributed by atoms with E-state index < -0.39 is 22.6 Å². The smallest absolute Gasteiger partial charge is 0.252 e. The molecule has 0 saturated carbocycles. The van der Waals surface area contributed by atoms with Gasteiger partial charge in [0.05, 0.1) is 11.2 Å². The Labute approximate surface area is 181 Å². The van der Waals surface area contributed by atoms with Gasteiger partial charge in [0.15, 0.2) is 5.54 Å². The number of nitrogens with one attached hydrogen (secondary N) is 1. The van der Waals surface area contributed by atoms with Gasteiger partial charge in [-0.1, -0.05) is 26.0 Å². The number of rotatable bonds is 2. The average Bonchev–Trinajstić information content (AvgIpc) is 3.28. The van der Waals surface area contributed by atoms with Crippen LogP contribution in [0, 0.1) is 12.8 Å². The van der Waals surface area contributed by atoms with Crippen molar-refractivity contribution >= 4 is 22.7 Å². The number of aryl methyl sites for hydroxylation is 1. The van der Waals surface area contributed by atoms with Gasteiger partial charge in [-0.25, -0.2) is 0 Å².